The highest BCUT2D eigenvalue weighted by Crippen LogP contribution is 2.35. The van der Waals surface area contributed by atoms with Gasteiger partial charge in [-0.05, 0) is 78.1 Å². The van der Waals surface area contributed by atoms with Crippen molar-refractivity contribution in [3.05, 3.63) is 93.0 Å². The largest absolute Gasteiger partial charge is 0.416 e. The highest BCUT2D eigenvalue weighted by atomic mass is 35.5. The van der Waals surface area contributed by atoms with E-state index in [9.17, 15) is 22.8 Å². The van der Waals surface area contributed by atoms with Gasteiger partial charge in [-0.15, -0.1) is 0 Å². The van der Waals surface area contributed by atoms with Crippen LogP contribution in [0.4, 0.5) is 18.0 Å². The highest BCUT2D eigenvalue weighted by Gasteiger charge is 2.31. The van der Waals surface area contributed by atoms with Crippen molar-refractivity contribution in [1.29, 1.82) is 0 Å². The van der Waals surface area contributed by atoms with E-state index in [1.807, 2.05) is 0 Å². The maximum Gasteiger partial charge on any atom is 0.416 e. The van der Waals surface area contributed by atoms with E-state index in [2.05, 4.69) is 5.32 Å². The molecule has 0 saturated heterocycles. The second kappa shape index (κ2) is 11.8. The molecule has 3 rings (SSSR count). The Labute approximate surface area is 218 Å². The molecule has 0 fully saturated rings. The van der Waals surface area contributed by atoms with Gasteiger partial charge in [-0.1, -0.05) is 47.5 Å². The zero-order chi connectivity index (χ0) is 26.5. The van der Waals surface area contributed by atoms with Crippen molar-refractivity contribution in [2.45, 2.75) is 39.5 Å². The summed E-state index contributed by atoms with van der Waals surface area (Å²) in [4.78, 5) is 25.9. The van der Waals surface area contributed by atoms with Gasteiger partial charge in [0.1, 0.15) is 5.78 Å². The van der Waals surface area contributed by atoms with Gasteiger partial charge in [0.15, 0.2) is 0 Å². The van der Waals surface area contributed by atoms with Crippen LogP contribution in [-0.4, -0.2) is 23.3 Å². The van der Waals surface area contributed by atoms with Crippen molar-refractivity contribution in [1.82, 2.24) is 10.2 Å². The van der Waals surface area contributed by atoms with E-state index in [1.54, 1.807) is 49.4 Å². The Kier molecular flexibility index (Phi) is 9.03. The van der Waals surface area contributed by atoms with Crippen molar-refractivity contribution in [2.24, 2.45) is 0 Å². The van der Waals surface area contributed by atoms with Gasteiger partial charge in [-0.2, -0.15) is 13.2 Å². The molecule has 0 saturated carbocycles. The predicted molar refractivity (Wildman–Crippen MR) is 136 cm³/mol. The first-order valence-electron chi connectivity index (χ1n) is 11.2. The molecule has 3 aromatic carbocycles. The number of hydrogen-bond acceptors (Lipinski definition) is 2. The van der Waals surface area contributed by atoms with Crippen LogP contribution in [0.1, 0.15) is 36.1 Å². The van der Waals surface area contributed by atoms with Crippen LogP contribution in [0, 0.1) is 0 Å². The number of carbonyl (C=O) groups is 2. The van der Waals surface area contributed by atoms with Gasteiger partial charge in [-0.3, -0.25) is 4.79 Å². The Morgan fingerprint density at radius 2 is 1.61 bits per heavy atom. The lowest BCUT2D eigenvalue weighted by molar-refractivity contribution is -0.137. The average molecular weight is 537 g/mol. The van der Waals surface area contributed by atoms with Crippen molar-refractivity contribution in [2.75, 3.05) is 6.54 Å². The molecule has 2 amide bonds. The molecule has 3 aromatic rings. The minimum absolute atomic E-state index is 0.0588. The Morgan fingerprint density at radius 3 is 2.22 bits per heavy atom. The number of urea groups is 1. The smallest absolute Gasteiger partial charge is 0.334 e. The van der Waals surface area contributed by atoms with E-state index in [-0.39, 0.29) is 31.8 Å². The standard InChI is InChI=1S/C27H25Cl2F3N2O2/c1-3-34(26(36)33-15-18-4-7-23(28)8-5-18)16-21-13-22(27(30,31)32)6-9-25(21)20-11-19(10-17(2)35)12-24(29)14-20/h4-9,11-14H,3,10,15-16H2,1-2H3,(H,33,36). The lowest BCUT2D eigenvalue weighted by Crippen LogP contribution is -2.39. The zero-order valence-corrected chi connectivity index (χ0v) is 21.3. The normalized spacial score (nSPS) is 11.3. The minimum Gasteiger partial charge on any atom is -0.334 e. The number of Topliss-reactive ketones (excluding diaryl/α,β-unsaturated/α-hetero) is 1. The van der Waals surface area contributed by atoms with Gasteiger partial charge in [-0.25, -0.2) is 4.79 Å². The maximum atomic E-state index is 13.5. The Hall–Kier alpha value is -3.03. The Morgan fingerprint density at radius 1 is 0.917 bits per heavy atom. The number of hydrogen-bond donors (Lipinski definition) is 1. The number of nitrogens with zero attached hydrogens (tertiary/aromatic N) is 1. The van der Waals surface area contributed by atoms with Crippen molar-refractivity contribution in [3.8, 4) is 11.1 Å². The van der Waals surface area contributed by atoms with Crippen LogP contribution in [0.3, 0.4) is 0 Å². The first-order chi connectivity index (χ1) is 17.0. The van der Waals surface area contributed by atoms with Crippen molar-refractivity contribution < 1.29 is 22.8 Å². The molecule has 1 N–H and O–H groups in total. The van der Waals surface area contributed by atoms with Crippen LogP contribution in [-0.2, 0) is 30.5 Å². The molecule has 0 aliphatic rings. The quantitative estimate of drug-likeness (QED) is 0.323. The SMILES string of the molecule is CCN(Cc1cc(C(F)(F)F)ccc1-c1cc(Cl)cc(CC(C)=O)c1)C(=O)NCc1ccc(Cl)cc1. The summed E-state index contributed by atoms with van der Waals surface area (Å²) in [6.07, 6.45) is -4.40. The maximum absolute atomic E-state index is 13.5. The van der Waals surface area contributed by atoms with Gasteiger partial charge in [0.2, 0.25) is 0 Å². The summed E-state index contributed by atoms with van der Waals surface area (Å²) in [5.41, 5.74) is 2.05. The number of halogens is 5. The molecule has 36 heavy (non-hydrogen) atoms. The number of amides is 2. The molecule has 0 aliphatic carbocycles. The summed E-state index contributed by atoms with van der Waals surface area (Å²) in [5, 5.41) is 3.73. The molecule has 4 nitrogen and oxygen atoms in total. The van der Waals surface area contributed by atoms with Gasteiger partial charge in [0, 0.05) is 36.1 Å². The van der Waals surface area contributed by atoms with E-state index in [0.717, 1.165) is 17.7 Å². The number of carbonyl (C=O) groups excluding carboxylic acids is 2. The summed E-state index contributed by atoms with van der Waals surface area (Å²) in [7, 11) is 0. The molecule has 0 bridgehead atoms. The van der Waals surface area contributed by atoms with Crippen LogP contribution < -0.4 is 5.32 Å². The third-order valence-electron chi connectivity index (χ3n) is 5.54. The van der Waals surface area contributed by atoms with Gasteiger partial charge in [0.25, 0.3) is 0 Å². The Balaban J connectivity index is 1.93. The number of nitrogens with one attached hydrogen (secondary N) is 1. The fourth-order valence-corrected chi connectivity index (χ4v) is 4.19. The van der Waals surface area contributed by atoms with Crippen LogP contribution >= 0.6 is 23.2 Å². The van der Waals surface area contributed by atoms with E-state index in [1.165, 1.54) is 17.9 Å². The molecule has 0 aliphatic heterocycles. The van der Waals surface area contributed by atoms with Gasteiger partial charge < -0.3 is 10.2 Å². The second-order valence-electron chi connectivity index (χ2n) is 8.40. The molecule has 9 heteroatoms. The monoisotopic (exact) mass is 536 g/mol. The predicted octanol–water partition coefficient (Wildman–Crippen LogP) is 7.54. The van der Waals surface area contributed by atoms with Crippen molar-refractivity contribution in [3.63, 3.8) is 0 Å². The number of rotatable bonds is 8. The molecule has 0 heterocycles. The molecule has 190 valence electrons. The van der Waals surface area contributed by atoms with E-state index < -0.39 is 17.8 Å². The lowest BCUT2D eigenvalue weighted by atomic mass is 9.94. The van der Waals surface area contributed by atoms with E-state index in [4.69, 9.17) is 23.2 Å². The number of alkyl halides is 3. The van der Waals surface area contributed by atoms with Gasteiger partial charge in [0.05, 0.1) is 5.56 Å². The van der Waals surface area contributed by atoms with E-state index >= 15 is 0 Å². The summed E-state index contributed by atoms with van der Waals surface area (Å²) in [6, 6.07) is 15.0. The summed E-state index contributed by atoms with van der Waals surface area (Å²) in [5.74, 6) is -0.0645. The molecule has 0 atom stereocenters. The highest BCUT2D eigenvalue weighted by molar-refractivity contribution is 6.31. The van der Waals surface area contributed by atoms with Gasteiger partial charge >= 0.3 is 12.2 Å². The average Bonchev–Trinajstić information content (AvgIpc) is 2.80. The fraction of sp³-hybridized carbons (Fsp3) is 0.259. The topological polar surface area (TPSA) is 49.4 Å². The molecule has 0 aromatic heterocycles. The first kappa shape index (κ1) is 27.6. The fourth-order valence-electron chi connectivity index (χ4n) is 3.80. The van der Waals surface area contributed by atoms with E-state index in [0.29, 0.717) is 32.3 Å². The van der Waals surface area contributed by atoms with Crippen LogP contribution in [0.15, 0.2) is 60.7 Å². The molecule has 0 spiro atoms. The third-order valence-corrected chi connectivity index (χ3v) is 6.01. The van der Waals surface area contributed by atoms with Crippen LogP contribution in [0.5, 0.6) is 0 Å². The summed E-state index contributed by atoms with van der Waals surface area (Å²) in [6.45, 7) is 3.65. The molecule has 0 unspecified atom stereocenters. The first-order valence-corrected chi connectivity index (χ1v) is 12.0. The summed E-state index contributed by atoms with van der Waals surface area (Å²) < 4.78 is 40.6. The second-order valence-corrected chi connectivity index (χ2v) is 9.27. The summed E-state index contributed by atoms with van der Waals surface area (Å²) >= 11 is 12.1. The van der Waals surface area contributed by atoms with Crippen molar-refractivity contribution >= 4 is 35.0 Å². The van der Waals surface area contributed by atoms with Crippen LogP contribution in [0.25, 0.3) is 11.1 Å². The third kappa shape index (κ3) is 7.48. The molecular formula is C27H25Cl2F3N2O2. The molecule has 0 radical (unpaired) electrons. The minimum atomic E-state index is -4.55. The zero-order valence-electron chi connectivity index (χ0n) is 19.8. The number of benzene rings is 3. The Bertz CT molecular complexity index is 1240. The lowest BCUT2D eigenvalue weighted by Gasteiger charge is -2.24. The number of ketones is 1. The van der Waals surface area contributed by atoms with Crippen LogP contribution in [0.2, 0.25) is 10.0 Å². The molecular weight excluding hydrogens is 512 g/mol.